The third kappa shape index (κ3) is 4.92. The zero-order valence-electron chi connectivity index (χ0n) is 16.1. The van der Waals surface area contributed by atoms with Gasteiger partial charge in [0, 0.05) is 23.2 Å². The molecule has 1 unspecified atom stereocenters. The third-order valence-electron chi connectivity index (χ3n) is 5.76. The Morgan fingerprint density at radius 2 is 1.93 bits per heavy atom. The highest BCUT2D eigenvalue weighted by atomic mass is 35.5. The smallest absolute Gasteiger partial charge is 0.241 e. The van der Waals surface area contributed by atoms with Crippen LogP contribution in [0.2, 0.25) is 5.02 Å². The molecule has 0 radical (unpaired) electrons. The van der Waals surface area contributed by atoms with Gasteiger partial charge in [-0.25, -0.2) is 0 Å². The zero-order chi connectivity index (χ0) is 19.3. The lowest BCUT2D eigenvalue weighted by Crippen LogP contribution is -2.46. The Bertz CT molecular complexity index is 786. The lowest BCUT2D eigenvalue weighted by molar-refractivity contribution is -0.127. The number of nitrogens with one attached hydrogen (secondary N) is 1. The molecule has 0 bridgehead atoms. The highest BCUT2D eigenvalue weighted by Crippen LogP contribution is 2.23. The molecule has 2 aromatic rings. The van der Waals surface area contributed by atoms with Crippen molar-refractivity contribution in [2.75, 3.05) is 13.1 Å². The number of hydrogen-bond acceptors (Lipinski definition) is 5. The van der Waals surface area contributed by atoms with Gasteiger partial charge in [0.2, 0.25) is 17.6 Å². The number of amides is 1. The Kier molecular flexibility index (Phi) is 6.27. The quantitative estimate of drug-likeness (QED) is 0.816. The van der Waals surface area contributed by atoms with Crippen LogP contribution < -0.4 is 5.32 Å². The molecular formula is C21H27ClN4O2. The molecule has 6 nitrogen and oxygen atoms in total. The number of likely N-dealkylation sites (tertiary alicyclic amines) is 1. The summed E-state index contributed by atoms with van der Waals surface area (Å²) in [7, 11) is 0. The maximum atomic E-state index is 12.7. The normalized spacial score (nSPS) is 21.5. The molecule has 0 spiro atoms. The lowest BCUT2D eigenvalue weighted by Gasteiger charge is -2.32. The van der Waals surface area contributed by atoms with Crippen LogP contribution >= 0.6 is 11.6 Å². The van der Waals surface area contributed by atoms with Crippen LogP contribution in [-0.4, -0.2) is 40.1 Å². The van der Waals surface area contributed by atoms with Crippen molar-refractivity contribution < 1.29 is 9.32 Å². The largest absolute Gasteiger partial charge is 0.353 e. The molecular weight excluding hydrogens is 376 g/mol. The second-order valence-electron chi connectivity index (χ2n) is 7.94. The summed E-state index contributed by atoms with van der Waals surface area (Å²) >= 11 is 5.93. The molecule has 150 valence electrons. The summed E-state index contributed by atoms with van der Waals surface area (Å²) in [6, 6.07) is 7.75. The average Bonchev–Trinajstić information content (AvgIpc) is 3.18. The van der Waals surface area contributed by atoms with Crippen LogP contribution in [0.15, 0.2) is 28.8 Å². The summed E-state index contributed by atoms with van der Waals surface area (Å²) in [5.74, 6) is 1.41. The minimum absolute atomic E-state index is 0.0503. The van der Waals surface area contributed by atoms with E-state index in [2.05, 4.69) is 20.4 Å². The fourth-order valence-electron chi connectivity index (χ4n) is 4.21. The van der Waals surface area contributed by atoms with E-state index in [1.54, 1.807) is 0 Å². The summed E-state index contributed by atoms with van der Waals surface area (Å²) < 4.78 is 5.43. The monoisotopic (exact) mass is 402 g/mol. The second-order valence-corrected chi connectivity index (χ2v) is 8.37. The van der Waals surface area contributed by atoms with Gasteiger partial charge in [-0.1, -0.05) is 36.0 Å². The molecule has 1 atom stereocenters. The molecule has 1 aliphatic heterocycles. The molecule has 2 heterocycles. The minimum atomic E-state index is 0.0503. The molecule has 1 saturated carbocycles. The summed E-state index contributed by atoms with van der Waals surface area (Å²) in [6.45, 7) is 2.27. The molecule has 2 aliphatic rings. The number of nitrogens with zero attached hydrogens (tertiary/aromatic N) is 3. The van der Waals surface area contributed by atoms with Crippen molar-refractivity contribution in [1.29, 1.82) is 0 Å². The van der Waals surface area contributed by atoms with Crippen LogP contribution in [0.1, 0.15) is 50.8 Å². The zero-order valence-corrected chi connectivity index (χ0v) is 16.8. The molecule has 1 amide bonds. The van der Waals surface area contributed by atoms with Crippen molar-refractivity contribution in [3.63, 3.8) is 0 Å². The van der Waals surface area contributed by atoms with Crippen LogP contribution in [-0.2, 0) is 11.3 Å². The van der Waals surface area contributed by atoms with Crippen molar-refractivity contribution in [1.82, 2.24) is 20.4 Å². The van der Waals surface area contributed by atoms with Crippen LogP contribution in [0.5, 0.6) is 0 Å². The topological polar surface area (TPSA) is 71.3 Å². The van der Waals surface area contributed by atoms with Crippen LogP contribution in [0, 0.1) is 5.92 Å². The van der Waals surface area contributed by atoms with E-state index >= 15 is 0 Å². The summed E-state index contributed by atoms with van der Waals surface area (Å²) in [5.41, 5.74) is 0.878. The highest BCUT2D eigenvalue weighted by molar-refractivity contribution is 6.30. The maximum absolute atomic E-state index is 12.7. The van der Waals surface area contributed by atoms with Gasteiger partial charge in [0.05, 0.1) is 12.5 Å². The average molecular weight is 403 g/mol. The number of carbonyl (C=O) groups is 1. The van der Waals surface area contributed by atoms with Gasteiger partial charge in [0.1, 0.15) is 0 Å². The Balaban J connectivity index is 1.32. The molecule has 1 aromatic carbocycles. The summed E-state index contributed by atoms with van der Waals surface area (Å²) in [6.07, 6.45) is 7.97. The molecule has 1 saturated heterocycles. The van der Waals surface area contributed by atoms with Gasteiger partial charge in [0.15, 0.2) is 0 Å². The van der Waals surface area contributed by atoms with Gasteiger partial charge in [-0.05, 0) is 56.5 Å². The lowest BCUT2D eigenvalue weighted by atomic mass is 9.93. The standard InChI is InChI=1S/C21H27ClN4O2/c22-17-10-8-15(9-11-17)20-24-19(28-25-20)14-26-12-4-5-16(13-26)21(27)23-18-6-2-1-3-7-18/h8-11,16,18H,1-7,12-14H2,(H,23,27). The number of carbonyl (C=O) groups excluding carboxylic acids is 1. The molecule has 2 fully saturated rings. The number of piperidine rings is 1. The first-order valence-electron chi connectivity index (χ1n) is 10.3. The van der Waals surface area contributed by atoms with Gasteiger partial charge in [-0.15, -0.1) is 0 Å². The minimum Gasteiger partial charge on any atom is -0.353 e. The first-order chi connectivity index (χ1) is 13.7. The molecule has 4 rings (SSSR count). The SMILES string of the molecule is O=C(NC1CCCCC1)C1CCCN(Cc2nc(-c3ccc(Cl)cc3)no2)C1. The molecule has 1 N–H and O–H groups in total. The number of halogens is 1. The Morgan fingerprint density at radius 3 is 2.71 bits per heavy atom. The van der Waals surface area contributed by atoms with Crippen molar-refractivity contribution in [2.24, 2.45) is 5.92 Å². The summed E-state index contributed by atoms with van der Waals surface area (Å²) in [5, 5.41) is 8.03. The summed E-state index contributed by atoms with van der Waals surface area (Å²) in [4.78, 5) is 19.4. The number of rotatable bonds is 5. The fraction of sp³-hybridized carbons (Fsp3) is 0.571. The van der Waals surface area contributed by atoms with Crippen LogP contribution in [0.4, 0.5) is 0 Å². The molecule has 1 aliphatic carbocycles. The van der Waals surface area contributed by atoms with Gasteiger partial charge in [-0.2, -0.15) is 4.98 Å². The number of aromatic nitrogens is 2. The highest BCUT2D eigenvalue weighted by Gasteiger charge is 2.28. The van der Waals surface area contributed by atoms with E-state index in [0.29, 0.717) is 29.3 Å². The van der Waals surface area contributed by atoms with Crippen LogP contribution in [0.25, 0.3) is 11.4 Å². The fourth-order valence-corrected chi connectivity index (χ4v) is 4.33. The van der Waals surface area contributed by atoms with E-state index in [9.17, 15) is 4.79 Å². The predicted molar refractivity (Wildman–Crippen MR) is 108 cm³/mol. The number of hydrogen-bond donors (Lipinski definition) is 1. The van der Waals surface area contributed by atoms with Crippen molar-refractivity contribution in [2.45, 2.75) is 57.5 Å². The Morgan fingerprint density at radius 1 is 1.14 bits per heavy atom. The van der Waals surface area contributed by atoms with Crippen molar-refractivity contribution >= 4 is 17.5 Å². The molecule has 28 heavy (non-hydrogen) atoms. The third-order valence-corrected chi connectivity index (χ3v) is 6.01. The van der Waals surface area contributed by atoms with E-state index in [1.165, 1.54) is 19.3 Å². The predicted octanol–water partition coefficient (Wildman–Crippen LogP) is 4.05. The first-order valence-corrected chi connectivity index (χ1v) is 10.7. The van der Waals surface area contributed by atoms with E-state index in [4.69, 9.17) is 16.1 Å². The van der Waals surface area contributed by atoms with Gasteiger partial charge >= 0.3 is 0 Å². The van der Waals surface area contributed by atoms with E-state index in [0.717, 1.165) is 44.3 Å². The maximum Gasteiger partial charge on any atom is 0.241 e. The van der Waals surface area contributed by atoms with Crippen molar-refractivity contribution in [3.8, 4) is 11.4 Å². The van der Waals surface area contributed by atoms with Gasteiger partial charge < -0.3 is 9.84 Å². The van der Waals surface area contributed by atoms with E-state index in [-0.39, 0.29) is 11.8 Å². The second kappa shape index (κ2) is 9.05. The van der Waals surface area contributed by atoms with E-state index in [1.807, 2.05) is 24.3 Å². The van der Waals surface area contributed by atoms with Crippen LogP contribution in [0.3, 0.4) is 0 Å². The number of benzene rings is 1. The molecule has 1 aromatic heterocycles. The Hall–Kier alpha value is -1.92. The van der Waals surface area contributed by atoms with Gasteiger partial charge in [-0.3, -0.25) is 9.69 Å². The van der Waals surface area contributed by atoms with Gasteiger partial charge in [0.25, 0.3) is 0 Å². The Labute approximate surface area is 170 Å². The van der Waals surface area contributed by atoms with E-state index < -0.39 is 0 Å². The first kappa shape index (κ1) is 19.4. The molecule has 7 heteroatoms. The van der Waals surface area contributed by atoms with Crippen molar-refractivity contribution in [3.05, 3.63) is 35.2 Å².